The molecule has 3 aromatic heterocycles. The summed E-state index contributed by atoms with van der Waals surface area (Å²) in [5.41, 5.74) is 3.58. The highest BCUT2D eigenvalue weighted by atomic mass is 19.4. The number of ether oxygens (including phenoxy) is 2. The number of carbonyl (C=O) groups is 1. The van der Waals surface area contributed by atoms with Crippen LogP contribution >= 0.6 is 0 Å². The van der Waals surface area contributed by atoms with Gasteiger partial charge in [0, 0.05) is 29.8 Å². The van der Waals surface area contributed by atoms with E-state index < -0.39 is 24.0 Å². The van der Waals surface area contributed by atoms with E-state index in [2.05, 4.69) is 20.1 Å². The number of benzene rings is 1. The lowest BCUT2D eigenvalue weighted by molar-refractivity contribution is -0.134. The van der Waals surface area contributed by atoms with Gasteiger partial charge in [-0.25, -0.2) is 14.5 Å². The van der Waals surface area contributed by atoms with Gasteiger partial charge >= 0.3 is 12.2 Å². The maximum Gasteiger partial charge on any atom is 0.406 e. The van der Waals surface area contributed by atoms with E-state index in [1.54, 1.807) is 49.1 Å². The fourth-order valence-electron chi connectivity index (χ4n) is 5.46. The molecule has 2 atom stereocenters. The van der Waals surface area contributed by atoms with E-state index in [4.69, 9.17) is 9.47 Å². The Morgan fingerprint density at radius 2 is 1.90 bits per heavy atom. The minimum Gasteiger partial charge on any atom is -0.480 e. The number of anilines is 1. The molecule has 1 saturated carbocycles. The molecule has 4 aromatic rings. The first-order valence-corrected chi connectivity index (χ1v) is 12.3. The lowest BCUT2D eigenvalue weighted by Crippen LogP contribution is -2.41. The molecule has 0 saturated heterocycles. The van der Waals surface area contributed by atoms with Gasteiger partial charge in [0.05, 0.1) is 30.9 Å². The van der Waals surface area contributed by atoms with E-state index in [1.807, 2.05) is 12.1 Å². The van der Waals surface area contributed by atoms with Crippen molar-refractivity contribution in [2.24, 2.45) is 0 Å². The Hall–Kier alpha value is -4.22. The lowest BCUT2D eigenvalue weighted by Gasteiger charge is -2.21. The van der Waals surface area contributed by atoms with E-state index >= 15 is 0 Å². The van der Waals surface area contributed by atoms with Crippen LogP contribution in [0.5, 0.6) is 11.9 Å². The largest absolute Gasteiger partial charge is 0.480 e. The zero-order chi connectivity index (χ0) is 27.7. The molecule has 1 amide bonds. The molecule has 4 heterocycles. The van der Waals surface area contributed by atoms with Crippen molar-refractivity contribution < 1.29 is 27.4 Å². The van der Waals surface area contributed by atoms with Gasteiger partial charge in [0.15, 0.2) is 5.65 Å². The molecule has 39 heavy (non-hydrogen) atoms. The predicted molar refractivity (Wildman–Crippen MR) is 135 cm³/mol. The summed E-state index contributed by atoms with van der Waals surface area (Å²) in [6.07, 6.45) is 1.26. The fraction of sp³-hybridized carbons (Fsp3) is 0.370. The topological polar surface area (TPSA) is 94.7 Å². The standard InChI is InChI=1S/C27H25F3N6O3/c1-26(2)19-6-5-14(9-21(19)35(24(26)37)13-27(28,29)30)15-10-16(15)17-11-20(34-36-8-7-31-22(17)36)18-12-32-25(39-4)33-23(18)38-3/h5-9,11-12,15-16H,10,13H2,1-4H3/t15?,16-/m0/s1. The Kier molecular flexibility index (Phi) is 5.56. The molecular formula is C27H25F3N6O3. The van der Waals surface area contributed by atoms with Crippen molar-refractivity contribution in [1.29, 1.82) is 0 Å². The average Bonchev–Trinajstić information content (AvgIpc) is 3.52. The zero-order valence-electron chi connectivity index (χ0n) is 21.7. The number of hydrogen-bond acceptors (Lipinski definition) is 7. The second-order valence-electron chi connectivity index (χ2n) is 10.3. The van der Waals surface area contributed by atoms with Gasteiger partial charge in [-0.3, -0.25) is 4.79 Å². The van der Waals surface area contributed by atoms with Crippen LogP contribution < -0.4 is 14.4 Å². The summed E-state index contributed by atoms with van der Waals surface area (Å²) < 4.78 is 52.2. The minimum atomic E-state index is -4.50. The van der Waals surface area contributed by atoms with Gasteiger partial charge in [0.25, 0.3) is 0 Å². The molecule has 1 aliphatic heterocycles. The first-order chi connectivity index (χ1) is 18.5. The van der Waals surface area contributed by atoms with Gasteiger partial charge in [-0.2, -0.15) is 23.3 Å². The molecule has 9 nitrogen and oxygen atoms in total. The average molecular weight is 539 g/mol. The Balaban J connectivity index is 1.37. The first-order valence-electron chi connectivity index (χ1n) is 12.3. The van der Waals surface area contributed by atoms with Crippen LogP contribution in [0.25, 0.3) is 16.9 Å². The third kappa shape index (κ3) is 4.14. The Bertz CT molecular complexity index is 1620. The maximum absolute atomic E-state index is 13.3. The number of methoxy groups -OCH3 is 2. The molecule has 1 fully saturated rings. The smallest absolute Gasteiger partial charge is 0.406 e. The number of carbonyl (C=O) groups excluding carboxylic acids is 1. The molecule has 2 aliphatic rings. The van der Waals surface area contributed by atoms with Crippen molar-refractivity contribution in [3.8, 4) is 23.1 Å². The third-order valence-corrected chi connectivity index (χ3v) is 7.49. The van der Waals surface area contributed by atoms with Crippen LogP contribution in [-0.4, -0.2) is 57.4 Å². The molecule has 6 rings (SSSR count). The molecule has 12 heteroatoms. The van der Waals surface area contributed by atoms with Crippen LogP contribution in [0.4, 0.5) is 18.9 Å². The summed E-state index contributed by atoms with van der Waals surface area (Å²) in [6.45, 7) is 2.01. The van der Waals surface area contributed by atoms with Gasteiger partial charge in [-0.1, -0.05) is 12.1 Å². The summed E-state index contributed by atoms with van der Waals surface area (Å²) in [6, 6.07) is 7.54. The lowest BCUT2D eigenvalue weighted by atomic mass is 9.85. The maximum atomic E-state index is 13.3. The molecule has 1 aromatic carbocycles. The number of fused-ring (bicyclic) bond motifs is 2. The monoisotopic (exact) mass is 538 g/mol. The number of nitrogens with zero attached hydrogens (tertiary/aromatic N) is 6. The number of alkyl halides is 3. The highest BCUT2D eigenvalue weighted by molar-refractivity contribution is 6.07. The van der Waals surface area contributed by atoms with Crippen LogP contribution in [0, 0.1) is 0 Å². The molecule has 0 bridgehead atoms. The van der Waals surface area contributed by atoms with E-state index in [1.165, 1.54) is 14.2 Å². The SMILES string of the molecule is COc1ncc(-c2cc([C@H]3CC3c3ccc4c(c3)N(CC(F)(F)F)C(=O)C4(C)C)c3nccn3n2)c(OC)n1. The quantitative estimate of drug-likeness (QED) is 0.352. The zero-order valence-corrected chi connectivity index (χ0v) is 21.7. The van der Waals surface area contributed by atoms with Crippen LogP contribution in [0.3, 0.4) is 0 Å². The second kappa shape index (κ2) is 8.65. The normalized spacial score (nSPS) is 19.9. The second-order valence-corrected chi connectivity index (χ2v) is 10.3. The van der Waals surface area contributed by atoms with Crippen molar-refractivity contribution in [3.63, 3.8) is 0 Å². The van der Waals surface area contributed by atoms with Gasteiger partial charge in [-0.05, 0) is 55.4 Å². The number of hydrogen-bond donors (Lipinski definition) is 0. The summed E-state index contributed by atoms with van der Waals surface area (Å²) >= 11 is 0. The highest BCUT2D eigenvalue weighted by Gasteiger charge is 2.49. The van der Waals surface area contributed by atoms with Gasteiger partial charge < -0.3 is 14.4 Å². The van der Waals surface area contributed by atoms with Crippen molar-refractivity contribution in [3.05, 3.63) is 59.5 Å². The van der Waals surface area contributed by atoms with Crippen molar-refractivity contribution in [2.45, 2.75) is 43.7 Å². The summed E-state index contributed by atoms with van der Waals surface area (Å²) in [7, 11) is 2.97. The number of amides is 1. The molecule has 202 valence electrons. The predicted octanol–water partition coefficient (Wildman–Crippen LogP) is 4.66. The summed E-state index contributed by atoms with van der Waals surface area (Å²) in [5.74, 6) is -0.136. The Labute approximate surface area is 221 Å². The van der Waals surface area contributed by atoms with Crippen LogP contribution in [0.2, 0.25) is 0 Å². The summed E-state index contributed by atoms with van der Waals surface area (Å²) in [4.78, 5) is 26.7. The van der Waals surface area contributed by atoms with Crippen molar-refractivity contribution in [2.75, 3.05) is 25.7 Å². The highest BCUT2D eigenvalue weighted by Crippen LogP contribution is 2.57. The molecule has 1 aliphatic carbocycles. The van der Waals surface area contributed by atoms with E-state index in [0.29, 0.717) is 34.0 Å². The van der Waals surface area contributed by atoms with E-state index in [0.717, 1.165) is 22.4 Å². The fourth-order valence-corrected chi connectivity index (χ4v) is 5.46. The number of imidazole rings is 1. The van der Waals surface area contributed by atoms with E-state index in [-0.39, 0.29) is 17.8 Å². The number of aromatic nitrogens is 5. The molecule has 0 N–H and O–H groups in total. The van der Waals surface area contributed by atoms with Crippen molar-refractivity contribution >= 4 is 17.2 Å². The molecular weight excluding hydrogens is 513 g/mol. The first kappa shape index (κ1) is 25.1. The van der Waals surface area contributed by atoms with Gasteiger partial charge in [0.1, 0.15) is 6.54 Å². The Morgan fingerprint density at radius 1 is 1.10 bits per heavy atom. The van der Waals surface area contributed by atoms with Crippen LogP contribution in [0.15, 0.2) is 42.9 Å². The van der Waals surface area contributed by atoms with Crippen molar-refractivity contribution in [1.82, 2.24) is 24.6 Å². The van der Waals surface area contributed by atoms with Gasteiger partial charge in [-0.15, -0.1) is 0 Å². The summed E-state index contributed by atoms with van der Waals surface area (Å²) in [5, 5.41) is 4.66. The molecule has 0 radical (unpaired) electrons. The number of rotatable bonds is 6. The van der Waals surface area contributed by atoms with Crippen LogP contribution in [0.1, 0.15) is 48.8 Å². The third-order valence-electron chi connectivity index (χ3n) is 7.49. The minimum absolute atomic E-state index is 0.0478. The van der Waals surface area contributed by atoms with Crippen LogP contribution in [-0.2, 0) is 10.2 Å². The number of halogens is 3. The molecule has 0 spiro atoms. The van der Waals surface area contributed by atoms with E-state index in [9.17, 15) is 18.0 Å². The Morgan fingerprint density at radius 3 is 2.62 bits per heavy atom. The molecule has 1 unspecified atom stereocenters. The van der Waals surface area contributed by atoms with Gasteiger partial charge in [0.2, 0.25) is 11.8 Å².